The SMILES string of the molecule is NC1(c2ccc(-n3c(-c4ccccc4)nc4c(=O)[nH]c(-c5ccccc5)nc43)cc2)CCC1. The van der Waals surface area contributed by atoms with Crippen LogP contribution in [-0.2, 0) is 5.54 Å². The molecule has 0 saturated heterocycles. The highest BCUT2D eigenvalue weighted by molar-refractivity contribution is 5.81. The molecule has 6 rings (SSSR count). The number of hydrogen-bond acceptors (Lipinski definition) is 4. The number of imidazole rings is 1. The van der Waals surface area contributed by atoms with Crippen LogP contribution in [0.3, 0.4) is 0 Å². The predicted octanol–water partition coefficient (Wildman–Crippen LogP) is 4.78. The third-order valence-corrected chi connectivity index (χ3v) is 6.54. The molecule has 0 unspecified atom stereocenters. The molecule has 1 saturated carbocycles. The van der Waals surface area contributed by atoms with E-state index in [0.717, 1.165) is 41.6 Å². The van der Waals surface area contributed by atoms with Crippen molar-refractivity contribution in [1.82, 2.24) is 19.5 Å². The minimum absolute atomic E-state index is 0.228. The topological polar surface area (TPSA) is 89.6 Å². The van der Waals surface area contributed by atoms with E-state index in [9.17, 15) is 4.79 Å². The van der Waals surface area contributed by atoms with Crippen LogP contribution in [0.15, 0.2) is 89.7 Å². The molecule has 2 heterocycles. The third kappa shape index (κ3) is 3.27. The zero-order valence-corrected chi connectivity index (χ0v) is 18.0. The van der Waals surface area contributed by atoms with Crippen LogP contribution < -0.4 is 11.3 Å². The van der Waals surface area contributed by atoms with Crippen molar-refractivity contribution in [1.29, 1.82) is 0 Å². The Hall–Kier alpha value is -4.03. The summed E-state index contributed by atoms with van der Waals surface area (Å²) in [6.07, 6.45) is 3.18. The molecular weight excluding hydrogens is 410 g/mol. The molecule has 1 aliphatic rings. The van der Waals surface area contributed by atoms with Crippen LogP contribution in [0.4, 0.5) is 0 Å². The smallest absolute Gasteiger partial charge is 0.279 e. The number of aromatic amines is 1. The molecular formula is C27H23N5O. The lowest BCUT2D eigenvalue weighted by atomic mass is 9.73. The summed E-state index contributed by atoms with van der Waals surface area (Å²) in [4.78, 5) is 25.5. The van der Waals surface area contributed by atoms with Gasteiger partial charge in [0.15, 0.2) is 11.2 Å². The van der Waals surface area contributed by atoms with Gasteiger partial charge >= 0.3 is 0 Å². The summed E-state index contributed by atoms with van der Waals surface area (Å²) in [5, 5.41) is 0. The van der Waals surface area contributed by atoms with E-state index in [-0.39, 0.29) is 11.1 Å². The van der Waals surface area contributed by atoms with Crippen molar-refractivity contribution in [3.63, 3.8) is 0 Å². The Morgan fingerprint density at radius 1 is 0.818 bits per heavy atom. The van der Waals surface area contributed by atoms with Crippen molar-refractivity contribution >= 4 is 11.2 Å². The normalized spacial score (nSPS) is 14.8. The minimum Gasteiger partial charge on any atom is -0.321 e. The van der Waals surface area contributed by atoms with Gasteiger partial charge in [0.1, 0.15) is 11.6 Å². The van der Waals surface area contributed by atoms with Crippen molar-refractivity contribution in [3.8, 4) is 28.5 Å². The number of fused-ring (bicyclic) bond motifs is 1. The number of H-pyrrole nitrogens is 1. The highest BCUT2D eigenvalue weighted by Gasteiger charge is 2.34. The number of nitrogens with zero attached hydrogens (tertiary/aromatic N) is 3. The fourth-order valence-electron chi connectivity index (χ4n) is 4.51. The van der Waals surface area contributed by atoms with Gasteiger partial charge in [-0.2, -0.15) is 0 Å². The molecule has 0 aliphatic heterocycles. The highest BCUT2D eigenvalue weighted by Crippen LogP contribution is 2.39. The molecule has 1 fully saturated rings. The fraction of sp³-hybridized carbons (Fsp3) is 0.148. The number of rotatable bonds is 4. The van der Waals surface area contributed by atoms with E-state index in [1.165, 1.54) is 0 Å². The first kappa shape index (κ1) is 19.6. The molecule has 0 atom stereocenters. The summed E-state index contributed by atoms with van der Waals surface area (Å²) < 4.78 is 1.96. The summed E-state index contributed by atoms with van der Waals surface area (Å²) in [6, 6.07) is 27.8. The van der Waals surface area contributed by atoms with Gasteiger partial charge in [-0.1, -0.05) is 72.8 Å². The quantitative estimate of drug-likeness (QED) is 0.427. The van der Waals surface area contributed by atoms with Gasteiger partial charge in [-0.3, -0.25) is 9.36 Å². The molecule has 6 nitrogen and oxygen atoms in total. The molecule has 1 aliphatic carbocycles. The van der Waals surface area contributed by atoms with Gasteiger partial charge in [-0.15, -0.1) is 0 Å². The van der Waals surface area contributed by atoms with Crippen LogP contribution in [0.5, 0.6) is 0 Å². The van der Waals surface area contributed by atoms with Crippen LogP contribution in [0, 0.1) is 0 Å². The molecule has 6 heteroatoms. The van der Waals surface area contributed by atoms with E-state index in [4.69, 9.17) is 15.7 Å². The summed E-state index contributed by atoms with van der Waals surface area (Å²) in [6.45, 7) is 0. The van der Waals surface area contributed by atoms with E-state index >= 15 is 0 Å². The maximum absolute atomic E-state index is 13.0. The number of nitrogens with two attached hydrogens (primary N) is 1. The number of aromatic nitrogens is 4. The Labute approximate surface area is 190 Å². The van der Waals surface area contributed by atoms with Crippen molar-refractivity contribution in [2.45, 2.75) is 24.8 Å². The monoisotopic (exact) mass is 433 g/mol. The molecule has 0 spiro atoms. The number of nitrogens with one attached hydrogen (secondary N) is 1. The van der Waals surface area contributed by atoms with E-state index in [0.29, 0.717) is 22.8 Å². The van der Waals surface area contributed by atoms with Gasteiger partial charge in [0.25, 0.3) is 5.56 Å². The second kappa shape index (κ2) is 7.53. The largest absolute Gasteiger partial charge is 0.321 e. The molecule has 3 N–H and O–H groups in total. The first-order valence-corrected chi connectivity index (χ1v) is 11.2. The Kier molecular flexibility index (Phi) is 4.48. The summed E-state index contributed by atoms with van der Waals surface area (Å²) in [5.74, 6) is 1.19. The zero-order chi connectivity index (χ0) is 22.4. The van der Waals surface area contributed by atoms with Crippen LogP contribution in [-0.4, -0.2) is 19.5 Å². The molecule has 0 bridgehead atoms. The molecule has 5 aromatic rings. The minimum atomic E-state index is -0.262. The Morgan fingerprint density at radius 3 is 2.06 bits per heavy atom. The van der Waals surface area contributed by atoms with Crippen molar-refractivity contribution in [3.05, 3.63) is 101 Å². The average Bonchev–Trinajstić information content (AvgIpc) is 3.24. The third-order valence-electron chi connectivity index (χ3n) is 6.54. The first-order valence-electron chi connectivity index (χ1n) is 11.2. The number of benzene rings is 3. The van der Waals surface area contributed by atoms with Crippen molar-refractivity contribution in [2.75, 3.05) is 0 Å². The van der Waals surface area contributed by atoms with Gasteiger partial charge in [-0.05, 0) is 37.0 Å². The first-order chi connectivity index (χ1) is 16.1. The molecule has 0 amide bonds. The summed E-state index contributed by atoms with van der Waals surface area (Å²) >= 11 is 0. The van der Waals surface area contributed by atoms with E-state index in [2.05, 4.69) is 17.1 Å². The lowest BCUT2D eigenvalue weighted by molar-refractivity contribution is 0.253. The second-order valence-electron chi connectivity index (χ2n) is 8.65. The lowest BCUT2D eigenvalue weighted by Gasteiger charge is -2.38. The maximum atomic E-state index is 13.0. The van der Waals surface area contributed by atoms with Crippen LogP contribution in [0.1, 0.15) is 24.8 Å². The van der Waals surface area contributed by atoms with Gasteiger partial charge < -0.3 is 10.7 Å². The summed E-state index contributed by atoms with van der Waals surface area (Å²) in [5.41, 5.74) is 10.7. The van der Waals surface area contributed by atoms with Gasteiger partial charge in [0.2, 0.25) is 0 Å². The fourth-order valence-corrected chi connectivity index (χ4v) is 4.51. The van der Waals surface area contributed by atoms with Crippen LogP contribution in [0.2, 0.25) is 0 Å². The van der Waals surface area contributed by atoms with Crippen LogP contribution >= 0.6 is 0 Å². The molecule has 0 radical (unpaired) electrons. The van der Waals surface area contributed by atoms with Gasteiger partial charge in [0.05, 0.1) is 0 Å². The maximum Gasteiger partial charge on any atom is 0.279 e. The molecule has 3 aromatic carbocycles. The molecule has 2 aromatic heterocycles. The molecule has 162 valence electrons. The lowest BCUT2D eigenvalue weighted by Crippen LogP contribution is -2.43. The van der Waals surface area contributed by atoms with Crippen LogP contribution in [0.25, 0.3) is 39.6 Å². The second-order valence-corrected chi connectivity index (χ2v) is 8.65. The van der Waals surface area contributed by atoms with E-state index in [1.807, 2.05) is 77.4 Å². The highest BCUT2D eigenvalue weighted by atomic mass is 16.1. The molecule has 33 heavy (non-hydrogen) atoms. The zero-order valence-electron chi connectivity index (χ0n) is 18.0. The predicted molar refractivity (Wildman–Crippen MR) is 130 cm³/mol. The Morgan fingerprint density at radius 2 is 1.45 bits per heavy atom. The summed E-state index contributed by atoms with van der Waals surface area (Å²) in [7, 11) is 0. The van der Waals surface area contributed by atoms with E-state index in [1.54, 1.807) is 0 Å². The van der Waals surface area contributed by atoms with Gasteiger partial charge in [-0.25, -0.2) is 9.97 Å². The van der Waals surface area contributed by atoms with Crippen molar-refractivity contribution < 1.29 is 0 Å². The van der Waals surface area contributed by atoms with Crippen molar-refractivity contribution in [2.24, 2.45) is 5.73 Å². The Bertz CT molecular complexity index is 1500. The van der Waals surface area contributed by atoms with E-state index < -0.39 is 0 Å². The Balaban J connectivity index is 1.59. The standard InChI is InChI=1S/C27H23N5O/c28-27(16-7-17-27)20-12-14-21(15-13-20)32-24(19-10-5-2-6-11-19)29-22-25(32)30-23(31-26(22)33)18-8-3-1-4-9-18/h1-6,8-15H,7,16-17,28H2,(H,30,31,33). The number of hydrogen-bond donors (Lipinski definition) is 2. The van der Waals surface area contributed by atoms with Gasteiger partial charge in [0, 0.05) is 22.4 Å². The average molecular weight is 434 g/mol.